The molecule has 0 bridgehead atoms. The molecule has 0 saturated carbocycles. The summed E-state index contributed by atoms with van der Waals surface area (Å²) in [7, 11) is 1.30. The monoisotopic (exact) mass is 405 g/mol. The van der Waals surface area contributed by atoms with E-state index in [-0.39, 0.29) is 12.5 Å². The zero-order chi connectivity index (χ0) is 18.1. The van der Waals surface area contributed by atoms with E-state index in [4.69, 9.17) is 9.47 Å². The second kappa shape index (κ2) is 9.96. The van der Waals surface area contributed by atoms with Crippen molar-refractivity contribution in [3.05, 3.63) is 70.2 Å². The van der Waals surface area contributed by atoms with Crippen LogP contribution in [0.25, 0.3) is 0 Å². The third kappa shape index (κ3) is 6.68. The van der Waals surface area contributed by atoms with Gasteiger partial charge >= 0.3 is 5.97 Å². The fourth-order valence-electron chi connectivity index (χ4n) is 2.26. The Balaban J connectivity index is 1.86. The molecule has 1 amide bonds. The van der Waals surface area contributed by atoms with Crippen LogP contribution < -0.4 is 5.32 Å². The summed E-state index contributed by atoms with van der Waals surface area (Å²) in [5, 5.41) is 2.67. The normalized spacial score (nSPS) is 11.6. The average molecular weight is 406 g/mol. The Morgan fingerprint density at radius 3 is 2.36 bits per heavy atom. The molecule has 0 spiro atoms. The second-order valence-electron chi connectivity index (χ2n) is 5.45. The van der Waals surface area contributed by atoms with Gasteiger partial charge < -0.3 is 14.8 Å². The van der Waals surface area contributed by atoms with Crippen LogP contribution in [0.15, 0.2) is 59.1 Å². The predicted molar refractivity (Wildman–Crippen MR) is 97.9 cm³/mol. The highest BCUT2D eigenvalue weighted by molar-refractivity contribution is 9.10. The number of carbonyl (C=O) groups is 2. The number of benzene rings is 2. The SMILES string of the molecule is COC(=O)[C@@H](Cc1ccc(Br)cc1)NC(=O)COCc1ccccc1. The molecule has 2 rings (SSSR count). The maximum absolute atomic E-state index is 12.1. The lowest BCUT2D eigenvalue weighted by atomic mass is 10.1. The van der Waals surface area contributed by atoms with Gasteiger partial charge in [0.05, 0.1) is 13.7 Å². The van der Waals surface area contributed by atoms with Gasteiger partial charge in [-0.3, -0.25) is 4.79 Å². The van der Waals surface area contributed by atoms with Crippen LogP contribution in [0, 0.1) is 0 Å². The Labute approximate surface area is 155 Å². The first-order chi connectivity index (χ1) is 12.1. The highest BCUT2D eigenvalue weighted by atomic mass is 79.9. The molecule has 2 aromatic carbocycles. The lowest BCUT2D eigenvalue weighted by Crippen LogP contribution is -2.44. The molecule has 0 heterocycles. The number of methoxy groups -OCH3 is 1. The molecule has 0 fully saturated rings. The maximum Gasteiger partial charge on any atom is 0.328 e. The summed E-state index contributed by atoms with van der Waals surface area (Å²) < 4.78 is 11.1. The van der Waals surface area contributed by atoms with Gasteiger partial charge in [-0.2, -0.15) is 0 Å². The number of hydrogen-bond donors (Lipinski definition) is 1. The number of amides is 1. The first-order valence-corrected chi connectivity index (χ1v) is 8.61. The molecule has 6 heteroatoms. The molecule has 0 aliphatic carbocycles. The van der Waals surface area contributed by atoms with Crippen LogP contribution in [0.1, 0.15) is 11.1 Å². The van der Waals surface area contributed by atoms with E-state index in [2.05, 4.69) is 21.2 Å². The summed E-state index contributed by atoms with van der Waals surface area (Å²) in [6, 6.07) is 16.4. The number of carbonyl (C=O) groups excluding carboxylic acids is 2. The van der Waals surface area contributed by atoms with Crippen molar-refractivity contribution < 1.29 is 19.1 Å². The van der Waals surface area contributed by atoms with Crippen molar-refractivity contribution in [1.29, 1.82) is 0 Å². The third-order valence-electron chi connectivity index (χ3n) is 3.52. The van der Waals surface area contributed by atoms with Gasteiger partial charge in [-0.25, -0.2) is 4.79 Å². The summed E-state index contributed by atoms with van der Waals surface area (Å²) in [6.45, 7) is 0.215. The zero-order valence-electron chi connectivity index (χ0n) is 13.9. The molecule has 2 aromatic rings. The molecule has 5 nitrogen and oxygen atoms in total. The number of hydrogen-bond acceptors (Lipinski definition) is 4. The van der Waals surface area contributed by atoms with Crippen molar-refractivity contribution in [1.82, 2.24) is 5.32 Å². The van der Waals surface area contributed by atoms with Crippen LogP contribution in [0.4, 0.5) is 0 Å². The smallest absolute Gasteiger partial charge is 0.328 e. The number of halogens is 1. The lowest BCUT2D eigenvalue weighted by molar-refractivity contribution is -0.145. The van der Waals surface area contributed by atoms with Crippen LogP contribution in [0.5, 0.6) is 0 Å². The topological polar surface area (TPSA) is 64.6 Å². The standard InChI is InChI=1S/C19H20BrNO4/c1-24-19(23)17(11-14-7-9-16(20)10-8-14)21-18(22)13-25-12-15-5-3-2-4-6-15/h2-10,17H,11-13H2,1H3,(H,21,22)/t17-/m1/s1. The van der Waals surface area contributed by atoms with Gasteiger partial charge in [0, 0.05) is 10.9 Å². The fraction of sp³-hybridized carbons (Fsp3) is 0.263. The summed E-state index contributed by atoms with van der Waals surface area (Å²) in [5.41, 5.74) is 1.90. The summed E-state index contributed by atoms with van der Waals surface area (Å²) in [4.78, 5) is 24.0. The molecule has 25 heavy (non-hydrogen) atoms. The van der Waals surface area contributed by atoms with E-state index in [0.717, 1.165) is 15.6 Å². The van der Waals surface area contributed by atoms with E-state index in [9.17, 15) is 9.59 Å². The van der Waals surface area contributed by atoms with Gasteiger partial charge in [-0.05, 0) is 23.3 Å². The molecule has 132 valence electrons. The summed E-state index contributed by atoms with van der Waals surface area (Å²) in [5.74, 6) is -0.845. The molecule has 0 unspecified atom stereocenters. The van der Waals surface area contributed by atoms with Crippen molar-refractivity contribution in [2.45, 2.75) is 19.1 Å². The molecule has 1 atom stereocenters. The minimum Gasteiger partial charge on any atom is -0.467 e. The van der Waals surface area contributed by atoms with Crippen molar-refractivity contribution in [2.24, 2.45) is 0 Å². The Morgan fingerprint density at radius 2 is 1.72 bits per heavy atom. The van der Waals surface area contributed by atoms with Crippen molar-refractivity contribution >= 4 is 27.8 Å². The predicted octanol–water partition coefficient (Wildman–Crippen LogP) is 2.87. The van der Waals surface area contributed by atoms with Crippen LogP contribution >= 0.6 is 15.9 Å². The minimum absolute atomic E-state index is 0.122. The third-order valence-corrected chi connectivity index (χ3v) is 4.05. The largest absolute Gasteiger partial charge is 0.467 e. The van der Waals surface area contributed by atoms with E-state index in [0.29, 0.717) is 13.0 Å². The first kappa shape index (κ1) is 19.1. The Morgan fingerprint density at radius 1 is 1.04 bits per heavy atom. The van der Waals surface area contributed by atoms with Gasteiger partial charge in [-0.1, -0.05) is 58.4 Å². The average Bonchev–Trinajstić information content (AvgIpc) is 2.63. The molecule has 1 N–H and O–H groups in total. The van der Waals surface area contributed by atoms with E-state index in [1.54, 1.807) is 0 Å². The molecule has 0 aliphatic rings. The molecule has 0 aromatic heterocycles. The van der Waals surface area contributed by atoms with Gasteiger partial charge in [0.2, 0.25) is 5.91 Å². The molecular formula is C19H20BrNO4. The highest BCUT2D eigenvalue weighted by Crippen LogP contribution is 2.12. The molecular weight excluding hydrogens is 386 g/mol. The Bertz CT molecular complexity index is 688. The van der Waals surface area contributed by atoms with E-state index in [1.165, 1.54) is 7.11 Å². The first-order valence-electron chi connectivity index (χ1n) is 7.82. The summed E-state index contributed by atoms with van der Waals surface area (Å²) in [6.07, 6.45) is 0.352. The second-order valence-corrected chi connectivity index (χ2v) is 6.37. The van der Waals surface area contributed by atoms with Gasteiger partial charge in [0.25, 0.3) is 0 Å². The number of esters is 1. The van der Waals surface area contributed by atoms with Crippen molar-refractivity contribution in [2.75, 3.05) is 13.7 Å². The van der Waals surface area contributed by atoms with Gasteiger partial charge in [0.1, 0.15) is 12.6 Å². The zero-order valence-corrected chi connectivity index (χ0v) is 15.5. The van der Waals surface area contributed by atoms with Crippen molar-refractivity contribution in [3.63, 3.8) is 0 Å². The molecule has 0 aliphatic heterocycles. The lowest BCUT2D eigenvalue weighted by Gasteiger charge is -2.17. The Hall–Kier alpha value is -2.18. The molecule has 0 saturated heterocycles. The van der Waals surface area contributed by atoms with Crippen molar-refractivity contribution in [3.8, 4) is 0 Å². The quantitative estimate of drug-likeness (QED) is 0.685. The number of rotatable bonds is 8. The summed E-state index contributed by atoms with van der Waals surface area (Å²) >= 11 is 3.36. The molecule has 0 radical (unpaired) electrons. The van der Waals surface area contributed by atoms with E-state index >= 15 is 0 Å². The van der Waals surface area contributed by atoms with Crippen LogP contribution in [-0.2, 0) is 32.1 Å². The van der Waals surface area contributed by atoms with E-state index in [1.807, 2.05) is 54.6 Å². The van der Waals surface area contributed by atoms with Gasteiger partial charge in [0.15, 0.2) is 0 Å². The van der Waals surface area contributed by atoms with Crippen LogP contribution in [-0.4, -0.2) is 31.6 Å². The fourth-order valence-corrected chi connectivity index (χ4v) is 2.53. The van der Waals surface area contributed by atoms with Crippen LogP contribution in [0.3, 0.4) is 0 Å². The number of ether oxygens (including phenoxy) is 2. The Kier molecular flexibility index (Phi) is 7.63. The number of nitrogens with one attached hydrogen (secondary N) is 1. The maximum atomic E-state index is 12.1. The van der Waals surface area contributed by atoms with Gasteiger partial charge in [-0.15, -0.1) is 0 Å². The minimum atomic E-state index is -0.751. The van der Waals surface area contributed by atoms with E-state index < -0.39 is 12.0 Å². The van der Waals surface area contributed by atoms with Crippen LogP contribution in [0.2, 0.25) is 0 Å². The highest BCUT2D eigenvalue weighted by Gasteiger charge is 2.22.